The Morgan fingerprint density at radius 3 is 2.29 bits per heavy atom. The maximum absolute atomic E-state index is 13.1. The lowest BCUT2D eigenvalue weighted by molar-refractivity contribution is -0.274. The van der Waals surface area contributed by atoms with Gasteiger partial charge in [0.15, 0.2) is 0 Å². The first-order chi connectivity index (χ1) is 14.6. The molecule has 2 saturated heterocycles. The van der Waals surface area contributed by atoms with Gasteiger partial charge in [0.05, 0.1) is 29.7 Å². The topological polar surface area (TPSA) is 67.9 Å². The van der Waals surface area contributed by atoms with E-state index in [0.717, 1.165) is 29.8 Å². The number of halogens is 4. The molecule has 31 heavy (non-hydrogen) atoms. The highest BCUT2D eigenvalue weighted by Crippen LogP contribution is 2.36. The number of likely N-dealkylation sites (tertiary alicyclic amines) is 1. The van der Waals surface area contributed by atoms with Gasteiger partial charge in [0.2, 0.25) is 10.0 Å². The molecule has 2 aliphatic rings. The first-order valence-corrected chi connectivity index (χ1v) is 11.4. The highest BCUT2D eigenvalue weighted by molar-refractivity contribution is 7.89. The third-order valence-corrected chi connectivity index (χ3v) is 7.33. The van der Waals surface area contributed by atoms with E-state index in [9.17, 15) is 21.6 Å². The van der Waals surface area contributed by atoms with Gasteiger partial charge in [0, 0.05) is 18.1 Å². The van der Waals surface area contributed by atoms with Crippen molar-refractivity contribution in [3.8, 4) is 5.75 Å². The van der Waals surface area contributed by atoms with Crippen LogP contribution >= 0.6 is 11.6 Å². The smallest absolute Gasteiger partial charge is 0.406 e. The van der Waals surface area contributed by atoms with Gasteiger partial charge in [-0.05, 0) is 48.4 Å². The summed E-state index contributed by atoms with van der Waals surface area (Å²) in [6.07, 6.45) is -4.32. The van der Waals surface area contributed by atoms with Gasteiger partial charge in [-0.2, -0.15) is 4.72 Å². The number of rotatable bonds is 6. The first-order valence-electron chi connectivity index (χ1n) is 9.54. The molecule has 2 aromatic carbocycles. The second-order valence-corrected chi connectivity index (χ2v) is 9.74. The van der Waals surface area contributed by atoms with Crippen LogP contribution in [-0.4, -0.2) is 52.0 Å². The monoisotopic (exact) mass is 476 g/mol. The molecule has 11 heteroatoms. The molecular formula is C20H20ClF3N2O4S. The molecule has 0 saturated carbocycles. The second-order valence-electron chi connectivity index (χ2n) is 7.63. The Bertz CT molecular complexity index is 1030. The Labute approximate surface area is 182 Å². The molecule has 0 amide bonds. The summed E-state index contributed by atoms with van der Waals surface area (Å²) >= 11 is 6.01. The minimum Gasteiger partial charge on any atom is -0.406 e. The lowest BCUT2D eigenvalue weighted by atomic mass is 9.90. The summed E-state index contributed by atoms with van der Waals surface area (Å²) in [4.78, 5) is 2.03. The molecule has 2 aromatic rings. The van der Waals surface area contributed by atoms with Crippen LogP contribution in [0.15, 0.2) is 53.4 Å². The summed E-state index contributed by atoms with van der Waals surface area (Å²) in [5, 5.41) is 0.532. The molecule has 1 atom stereocenters. The molecule has 1 unspecified atom stereocenters. The zero-order chi connectivity index (χ0) is 22.3. The fraction of sp³-hybridized carbons (Fsp3) is 0.400. The van der Waals surface area contributed by atoms with E-state index in [1.807, 2.05) is 0 Å². The van der Waals surface area contributed by atoms with E-state index in [1.165, 1.54) is 0 Å². The molecule has 0 radical (unpaired) electrons. The van der Waals surface area contributed by atoms with E-state index in [-0.39, 0.29) is 10.9 Å². The van der Waals surface area contributed by atoms with Gasteiger partial charge in [-0.25, -0.2) is 8.42 Å². The minimum atomic E-state index is -4.85. The van der Waals surface area contributed by atoms with Crippen molar-refractivity contribution in [1.29, 1.82) is 0 Å². The van der Waals surface area contributed by atoms with Gasteiger partial charge in [-0.15, -0.1) is 13.2 Å². The molecule has 0 aromatic heterocycles. The van der Waals surface area contributed by atoms with E-state index < -0.39 is 27.7 Å². The van der Waals surface area contributed by atoms with Crippen LogP contribution in [0.2, 0.25) is 5.02 Å². The molecular weight excluding hydrogens is 457 g/mol. The van der Waals surface area contributed by atoms with Gasteiger partial charge in [-0.1, -0.05) is 23.7 Å². The first kappa shape index (κ1) is 22.3. The summed E-state index contributed by atoms with van der Waals surface area (Å²) < 4.78 is 75.3. The third kappa shape index (κ3) is 4.98. The normalized spacial score (nSPS) is 23.0. The van der Waals surface area contributed by atoms with Crippen LogP contribution in [0.5, 0.6) is 5.75 Å². The Kier molecular flexibility index (Phi) is 5.95. The molecule has 2 aliphatic heterocycles. The van der Waals surface area contributed by atoms with Crippen molar-refractivity contribution >= 4 is 21.6 Å². The van der Waals surface area contributed by atoms with Crippen LogP contribution in [0.25, 0.3) is 0 Å². The Morgan fingerprint density at radius 2 is 1.74 bits per heavy atom. The lowest BCUT2D eigenvalue weighted by Gasteiger charge is -2.37. The van der Waals surface area contributed by atoms with Gasteiger partial charge in [0.1, 0.15) is 5.75 Å². The molecule has 2 fully saturated rings. The summed E-state index contributed by atoms with van der Waals surface area (Å²) in [5.74, 6) is -0.490. The van der Waals surface area contributed by atoms with Crippen molar-refractivity contribution in [1.82, 2.24) is 9.62 Å². The van der Waals surface area contributed by atoms with E-state index in [4.69, 9.17) is 16.3 Å². The molecule has 0 bridgehead atoms. The zero-order valence-corrected chi connectivity index (χ0v) is 17.8. The molecule has 0 aliphatic carbocycles. The number of hydrogen-bond acceptors (Lipinski definition) is 5. The second kappa shape index (κ2) is 8.25. The Hall–Kier alpha value is -1.85. The molecule has 1 N–H and O–H groups in total. The van der Waals surface area contributed by atoms with Crippen LogP contribution < -0.4 is 9.46 Å². The molecule has 2 heterocycles. The quantitative estimate of drug-likeness (QED) is 0.691. The molecule has 6 nitrogen and oxygen atoms in total. The SMILES string of the molecule is O=S(=O)(NC1(c2ccc(Cl)cc2)CCN(C2COC2)C1)c1ccc(OC(F)(F)F)cc1. The van der Waals surface area contributed by atoms with Crippen molar-refractivity contribution in [2.24, 2.45) is 0 Å². The maximum atomic E-state index is 13.1. The van der Waals surface area contributed by atoms with E-state index in [2.05, 4.69) is 14.4 Å². The van der Waals surface area contributed by atoms with Crippen molar-refractivity contribution < 1.29 is 31.1 Å². The number of alkyl halides is 3. The van der Waals surface area contributed by atoms with Crippen LogP contribution in [0.3, 0.4) is 0 Å². The fourth-order valence-corrected chi connectivity index (χ4v) is 5.41. The van der Waals surface area contributed by atoms with Gasteiger partial charge in [0.25, 0.3) is 0 Å². The van der Waals surface area contributed by atoms with Crippen molar-refractivity contribution in [2.45, 2.75) is 29.3 Å². The van der Waals surface area contributed by atoms with Gasteiger partial charge >= 0.3 is 6.36 Å². The Morgan fingerprint density at radius 1 is 1.10 bits per heavy atom. The number of sulfonamides is 1. The van der Waals surface area contributed by atoms with Crippen molar-refractivity contribution in [3.63, 3.8) is 0 Å². The number of nitrogens with zero attached hydrogens (tertiary/aromatic N) is 1. The van der Waals surface area contributed by atoms with Crippen LogP contribution in [0, 0.1) is 0 Å². The van der Waals surface area contributed by atoms with Gasteiger partial charge in [-0.3, -0.25) is 4.90 Å². The number of hydrogen-bond donors (Lipinski definition) is 1. The highest BCUT2D eigenvalue weighted by Gasteiger charge is 2.46. The van der Waals surface area contributed by atoms with Gasteiger partial charge < -0.3 is 9.47 Å². The number of nitrogens with one attached hydrogen (secondary N) is 1. The molecule has 168 valence electrons. The summed E-state index contributed by atoms with van der Waals surface area (Å²) in [6, 6.07) is 11.3. The minimum absolute atomic E-state index is 0.152. The zero-order valence-electron chi connectivity index (χ0n) is 16.2. The summed E-state index contributed by atoms with van der Waals surface area (Å²) in [7, 11) is -4.04. The van der Waals surface area contributed by atoms with E-state index >= 15 is 0 Å². The summed E-state index contributed by atoms with van der Waals surface area (Å²) in [6.45, 7) is 2.32. The maximum Gasteiger partial charge on any atom is 0.573 e. The average molecular weight is 477 g/mol. The lowest BCUT2D eigenvalue weighted by Crippen LogP contribution is -2.52. The predicted octanol–water partition coefficient (Wildman–Crippen LogP) is 3.52. The van der Waals surface area contributed by atoms with Crippen LogP contribution in [0.4, 0.5) is 13.2 Å². The van der Waals surface area contributed by atoms with Crippen LogP contribution in [-0.2, 0) is 20.3 Å². The predicted molar refractivity (Wildman–Crippen MR) is 107 cm³/mol. The van der Waals surface area contributed by atoms with Crippen molar-refractivity contribution in [2.75, 3.05) is 26.3 Å². The molecule has 0 spiro atoms. The molecule has 4 rings (SSSR count). The van der Waals surface area contributed by atoms with Crippen LogP contribution in [0.1, 0.15) is 12.0 Å². The number of ether oxygens (including phenoxy) is 2. The third-order valence-electron chi connectivity index (χ3n) is 5.53. The number of benzene rings is 2. The highest BCUT2D eigenvalue weighted by atomic mass is 35.5. The largest absolute Gasteiger partial charge is 0.573 e. The van der Waals surface area contributed by atoms with E-state index in [0.29, 0.717) is 37.7 Å². The summed E-state index contributed by atoms with van der Waals surface area (Å²) in [5.41, 5.74) is -0.139. The standard InChI is InChI=1S/C20H20ClF3N2O4S/c21-15-3-1-14(2-4-15)19(9-10-26(13-19)16-11-29-12-16)25-31(27,28)18-7-5-17(6-8-18)30-20(22,23)24/h1-8,16,25H,9-13H2. The fourth-order valence-electron chi connectivity index (χ4n) is 3.87. The average Bonchev–Trinajstić information content (AvgIpc) is 3.03. The Balaban J connectivity index is 1.61. The van der Waals surface area contributed by atoms with E-state index in [1.54, 1.807) is 24.3 Å². The van der Waals surface area contributed by atoms with Crippen molar-refractivity contribution in [3.05, 3.63) is 59.1 Å².